The Bertz CT molecular complexity index is 466. The number of nitrogens with zero attached hydrogens (tertiary/aromatic N) is 4. The summed E-state index contributed by atoms with van der Waals surface area (Å²) in [6.45, 7) is 3.73. The van der Waals surface area contributed by atoms with E-state index in [1.54, 1.807) is 0 Å². The molecule has 1 N–H and O–H groups in total. The van der Waals surface area contributed by atoms with Gasteiger partial charge in [-0.3, -0.25) is 0 Å². The second-order valence-corrected chi connectivity index (χ2v) is 4.07. The summed E-state index contributed by atoms with van der Waals surface area (Å²) in [6, 6.07) is 0.118. The molecule has 5 nitrogen and oxygen atoms in total. The van der Waals surface area contributed by atoms with Crippen molar-refractivity contribution in [3.63, 3.8) is 0 Å². The summed E-state index contributed by atoms with van der Waals surface area (Å²) in [6.07, 6.45) is 2.85. The fraction of sp³-hybridized carbons (Fsp3) is 0.400. The van der Waals surface area contributed by atoms with Crippen LogP contribution in [0, 0.1) is 10.7 Å². The van der Waals surface area contributed by atoms with Crippen molar-refractivity contribution in [3.05, 3.63) is 11.8 Å². The Morgan fingerprint density at radius 1 is 1.65 bits per heavy atom. The van der Waals surface area contributed by atoms with Crippen LogP contribution in [0.25, 0.3) is 0 Å². The van der Waals surface area contributed by atoms with Crippen molar-refractivity contribution in [2.45, 2.75) is 26.3 Å². The summed E-state index contributed by atoms with van der Waals surface area (Å²) in [5.74, 6) is 0. The normalized spacial score (nSPS) is 20.1. The zero-order valence-corrected chi connectivity index (χ0v) is 11.1. The molecule has 0 fully saturated rings. The van der Waals surface area contributed by atoms with Gasteiger partial charge in [-0.25, -0.2) is 4.40 Å². The van der Waals surface area contributed by atoms with Gasteiger partial charge in [0.25, 0.3) is 0 Å². The number of thiocyanates is 1. The van der Waals surface area contributed by atoms with E-state index in [-0.39, 0.29) is 6.04 Å². The lowest BCUT2D eigenvalue weighted by Crippen LogP contribution is -2.31. The Morgan fingerprint density at radius 2 is 2.41 bits per heavy atom. The van der Waals surface area contributed by atoms with E-state index < -0.39 is 0 Å². The summed E-state index contributed by atoms with van der Waals surface area (Å²) in [5.41, 5.74) is 2.56. The molecule has 88 valence electrons. The van der Waals surface area contributed by atoms with Gasteiger partial charge in [-0.05, 0) is 32.5 Å². The molecular formula is C10H11N5S2. The lowest BCUT2D eigenvalue weighted by atomic mass is 10.2. The quantitative estimate of drug-likeness (QED) is 0.278. The van der Waals surface area contributed by atoms with Gasteiger partial charge in [0.2, 0.25) is 0 Å². The Hall–Kier alpha value is -1.48. The minimum atomic E-state index is 0.118. The molecule has 0 aromatic heterocycles. The first-order chi connectivity index (χ1) is 8.19. The second kappa shape index (κ2) is 6.97. The van der Waals surface area contributed by atoms with Gasteiger partial charge in [0.15, 0.2) is 5.40 Å². The van der Waals surface area contributed by atoms with Crippen molar-refractivity contribution in [3.8, 4) is 5.40 Å². The van der Waals surface area contributed by atoms with Gasteiger partial charge in [0, 0.05) is 5.71 Å². The van der Waals surface area contributed by atoms with Crippen molar-refractivity contribution in [2.24, 2.45) is 14.6 Å². The predicted octanol–water partition coefficient (Wildman–Crippen LogP) is 2.30. The highest BCUT2D eigenvalue weighted by Gasteiger charge is 2.19. The summed E-state index contributed by atoms with van der Waals surface area (Å²) in [5, 5.41) is 23.2. The number of isothiocyanates is 1. The molecule has 0 aromatic carbocycles. The molecule has 0 amide bonds. The Balaban J connectivity index is 2.63. The van der Waals surface area contributed by atoms with Gasteiger partial charge in [0.1, 0.15) is 0 Å². The fourth-order valence-electron chi connectivity index (χ4n) is 1.37. The molecule has 1 aliphatic rings. The minimum Gasteiger partial charge on any atom is -0.375 e. The summed E-state index contributed by atoms with van der Waals surface area (Å²) < 4.78 is 4.06. The number of nitriles is 1. The summed E-state index contributed by atoms with van der Waals surface area (Å²) in [7, 11) is 0. The molecule has 1 heterocycles. The summed E-state index contributed by atoms with van der Waals surface area (Å²) in [4.78, 5) is 0. The predicted molar refractivity (Wildman–Crippen MR) is 74.1 cm³/mol. The van der Waals surface area contributed by atoms with Gasteiger partial charge >= 0.3 is 0 Å². The van der Waals surface area contributed by atoms with Gasteiger partial charge < -0.3 is 5.32 Å². The van der Waals surface area contributed by atoms with E-state index in [0.717, 1.165) is 35.5 Å². The van der Waals surface area contributed by atoms with Gasteiger partial charge in [-0.1, -0.05) is 11.2 Å². The maximum Gasteiger partial charge on any atom is 0.157 e. The number of allylic oxidation sites excluding steroid dienone is 1. The van der Waals surface area contributed by atoms with Crippen LogP contribution in [0.15, 0.2) is 26.4 Å². The van der Waals surface area contributed by atoms with Crippen molar-refractivity contribution in [1.29, 1.82) is 5.26 Å². The SMILES string of the molecule is C/C(=N/SC#N)C1CC=C(/C(C)=N/N=C=S)N1. The van der Waals surface area contributed by atoms with E-state index >= 15 is 0 Å². The van der Waals surface area contributed by atoms with Crippen LogP contribution in [0.5, 0.6) is 0 Å². The monoisotopic (exact) mass is 265 g/mol. The minimum absolute atomic E-state index is 0.118. The molecule has 1 rings (SSSR count). The molecule has 0 aliphatic carbocycles. The van der Waals surface area contributed by atoms with Crippen LogP contribution in [0.2, 0.25) is 0 Å². The lowest BCUT2D eigenvalue weighted by molar-refractivity contribution is 0.783. The first kappa shape index (κ1) is 13.6. The van der Waals surface area contributed by atoms with Crippen molar-refractivity contribution in [1.82, 2.24) is 5.32 Å². The molecule has 0 spiro atoms. The molecular weight excluding hydrogens is 254 g/mol. The molecule has 1 aliphatic heterocycles. The largest absolute Gasteiger partial charge is 0.375 e. The first-order valence-corrected chi connectivity index (χ1v) is 6.05. The molecule has 1 unspecified atom stereocenters. The highest BCUT2D eigenvalue weighted by molar-refractivity contribution is 8.02. The van der Waals surface area contributed by atoms with Crippen molar-refractivity contribution >= 4 is 40.8 Å². The molecule has 7 heteroatoms. The molecule has 0 bridgehead atoms. The lowest BCUT2D eigenvalue weighted by Gasteiger charge is -2.12. The average molecular weight is 265 g/mol. The maximum absolute atomic E-state index is 8.42. The average Bonchev–Trinajstić information content (AvgIpc) is 2.82. The van der Waals surface area contributed by atoms with Crippen LogP contribution in [-0.2, 0) is 0 Å². The Labute approximate surface area is 110 Å². The highest BCUT2D eigenvalue weighted by atomic mass is 32.2. The van der Waals surface area contributed by atoms with Gasteiger partial charge in [0.05, 0.1) is 34.6 Å². The van der Waals surface area contributed by atoms with Crippen LogP contribution in [0.3, 0.4) is 0 Å². The molecule has 0 aromatic rings. The standard InChI is InChI=1S/C10H11N5S2/c1-7(14-12-6-16)9-3-4-10(13-9)8(2)15-17-5-11/h3,10,13H,4H2,1-2H3/b14-7+,15-8-. The third-order valence-corrected chi connectivity index (χ3v) is 2.80. The molecule has 0 radical (unpaired) electrons. The second-order valence-electron chi connectivity index (χ2n) is 3.34. The van der Waals surface area contributed by atoms with E-state index in [2.05, 4.69) is 37.3 Å². The molecule has 1 atom stereocenters. The van der Waals surface area contributed by atoms with E-state index in [0.29, 0.717) is 0 Å². The Morgan fingerprint density at radius 3 is 3.06 bits per heavy atom. The van der Waals surface area contributed by atoms with E-state index in [9.17, 15) is 0 Å². The first-order valence-electron chi connectivity index (χ1n) is 4.87. The third kappa shape index (κ3) is 4.11. The third-order valence-electron chi connectivity index (χ3n) is 2.25. The van der Waals surface area contributed by atoms with Crippen LogP contribution in [-0.4, -0.2) is 22.6 Å². The zero-order chi connectivity index (χ0) is 12.7. The summed E-state index contributed by atoms with van der Waals surface area (Å²) >= 11 is 5.33. The fourth-order valence-corrected chi connectivity index (χ4v) is 1.73. The molecule has 17 heavy (non-hydrogen) atoms. The van der Waals surface area contributed by atoms with Gasteiger partial charge in [-0.2, -0.15) is 5.26 Å². The topological polar surface area (TPSA) is 72.9 Å². The zero-order valence-electron chi connectivity index (χ0n) is 9.47. The number of hydrogen-bond acceptors (Lipinski definition) is 7. The highest BCUT2D eigenvalue weighted by Crippen LogP contribution is 2.14. The van der Waals surface area contributed by atoms with Crippen LogP contribution >= 0.6 is 24.2 Å². The van der Waals surface area contributed by atoms with Crippen molar-refractivity contribution < 1.29 is 0 Å². The number of hydrogen-bond donors (Lipinski definition) is 1. The van der Waals surface area contributed by atoms with Crippen molar-refractivity contribution in [2.75, 3.05) is 0 Å². The number of thiocarbonyl (C=S) groups is 1. The van der Waals surface area contributed by atoms with E-state index in [1.807, 2.05) is 25.3 Å². The van der Waals surface area contributed by atoms with Gasteiger partial charge in [-0.15, -0.1) is 5.10 Å². The van der Waals surface area contributed by atoms with E-state index in [4.69, 9.17) is 5.26 Å². The Kier molecular flexibility index (Phi) is 5.57. The number of nitrogens with one attached hydrogen (secondary N) is 1. The molecule has 0 saturated heterocycles. The van der Waals surface area contributed by atoms with Crippen LogP contribution < -0.4 is 5.32 Å². The smallest absolute Gasteiger partial charge is 0.157 e. The maximum atomic E-state index is 8.42. The van der Waals surface area contributed by atoms with Crippen LogP contribution in [0.1, 0.15) is 20.3 Å². The van der Waals surface area contributed by atoms with E-state index in [1.165, 1.54) is 0 Å². The number of rotatable bonds is 4. The molecule has 0 saturated carbocycles. The van der Waals surface area contributed by atoms with Crippen LogP contribution in [0.4, 0.5) is 0 Å².